The summed E-state index contributed by atoms with van der Waals surface area (Å²) in [4.78, 5) is 0. The molecule has 0 saturated heterocycles. The summed E-state index contributed by atoms with van der Waals surface area (Å²) in [5.74, 6) is 1.00. The second kappa shape index (κ2) is 14.5. The van der Waals surface area contributed by atoms with Gasteiger partial charge in [-0.25, -0.2) is 0 Å². The highest BCUT2D eigenvalue weighted by Gasteiger charge is 2.32. The molecule has 0 amide bonds. The number of hydrogen-bond donors (Lipinski definition) is 1. The van der Waals surface area contributed by atoms with E-state index in [1.807, 2.05) is 18.2 Å². The Balaban J connectivity index is 1.67. The van der Waals surface area contributed by atoms with Crippen LogP contribution >= 0.6 is 8.58 Å². The molecule has 0 aliphatic carbocycles. The fourth-order valence-corrected chi connectivity index (χ4v) is 7.58. The zero-order chi connectivity index (χ0) is 29.2. The summed E-state index contributed by atoms with van der Waals surface area (Å²) in [6, 6.07) is 45.0. The lowest BCUT2D eigenvalue weighted by Crippen LogP contribution is -2.23. The summed E-state index contributed by atoms with van der Waals surface area (Å²) in [7, 11) is 0.494. The third-order valence-corrected chi connectivity index (χ3v) is 9.71. The van der Waals surface area contributed by atoms with Gasteiger partial charge in [0.05, 0.1) is 6.61 Å². The van der Waals surface area contributed by atoms with E-state index in [4.69, 9.17) is 4.74 Å². The Bertz CT molecular complexity index is 1550. The van der Waals surface area contributed by atoms with Crippen LogP contribution in [0.4, 0.5) is 0 Å². The lowest BCUT2D eigenvalue weighted by molar-refractivity contribution is 0.283. The normalized spacial score (nSPS) is 12.8. The van der Waals surface area contributed by atoms with Gasteiger partial charge in [0.15, 0.2) is 0 Å². The highest BCUT2D eigenvalue weighted by Crippen LogP contribution is 2.50. The van der Waals surface area contributed by atoms with Crippen molar-refractivity contribution in [3.05, 3.63) is 166 Å². The maximum absolute atomic E-state index is 10.2. The van der Waals surface area contributed by atoms with Crippen molar-refractivity contribution in [1.82, 2.24) is 0 Å². The largest absolute Gasteiger partial charge is 0.488 e. The molecular formula is C39H41O2P. The third-order valence-electron chi connectivity index (χ3n) is 7.88. The third kappa shape index (κ3) is 7.57. The fraction of sp³-hybridized carbons (Fsp3) is 0.231. The van der Waals surface area contributed by atoms with Gasteiger partial charge in [-0.1, -0.05) is 156 Å². The van der Waals surface area contributed by atoms with Gasteiger partial charge in [0.1, 0.15) is 12.4 Å². The van der Waals surface area contributed by atoms with Crippen molar-refractivity contribution < 1.29 is 9.84 Å². The van der Waals surface area contributed by atoms with E-state index in [-0.39, 0.29) is 11.8 Å². The summed E-state index contributed by atoms with van der Waals surface area (Å²) >= 11 is 0. The molecule has 0 saturated carbocycles. The smallest absolute Gasteiger partial charge is 0.127 e. The number of rotatable bonds is 13. The first kappa shape index (κ1) is 29.8. The molecule has 0 fully saturated rings. The fourth-order valence-electron chi connectivity index (χ4n) is 5.79. The molecule has 0 bridgehead atoms. The van der Waals surface area contributed by atoms with E-state index in [0.717, 1.165) is 42.6 Å². The van der Waals surface area contributed by atoms with Gasteiger partial charge in [-0.2, -0.15) is 0 Å². The van der Waals surface area contributed by atoms with Crippen LogP contribution in [0.5, 0.6) is 5.75 Å². The van der Waals surface area contributed by atoms with E-state index in [1.54, 1.807) is 0 Å². The molecule has 0 aliphatic rings. The summed E-state index contributed by atoms with van der Waals surface area (Å²) < 4.78 is 6.87. The van der Waals surface area contributed by atoms with Crippen molar-refractivity contribution in [1.29, 1.82) is 0 Å². The topological polar surface area (TPSA) is 29.5 Å². The van der Waals surface area contributed by atoms with E-state index in [2.05, 4.69) is 123 Å². The molecule has 0 radical (unpaired) electrons. The minimum absolute atomic E-state index is 0.0516. The van der Waals surface area contributed by atoms with Gasteiger partial charge in [0.25, 0.3) is 0 Å². The molecule has 1 N–H and O–H groups in total. The number of aliphatic hydroxyl groups is 1. The minimum Gasteiger partial charge on any atom is -0.488 e. The predicted molar refractivity (Wildman–Crippen MR) is 178 cm³/mol. The maximum Gasteiger partial charge on any atom is 0.127 e. The van der Waals surface area contributed by atoms with Crippen LogP contribution in [0.25, 0.3) is 0 Å². The Hall–Kier alpha value is -3.71. The van der Waals surface area contributed by atoms with Gasteiger partial charge >= 0.3 is 0 Å². The Kier molecular flexibility index (Phi) is 10.2. The van der Waals surface area contributed by atoms with E-state index < -0.39 is 0 Å². The summed E-state index contributed by atoms with van der Waals surface area (Å²) in [5, 5.41) is 11.2. The molecule has 0 aromatic heterocycles. The second-order valence-electron chi connectivity index (χ2n) is 11.3. The average Bonchev–Trinajstić information content (AvgIpc) is 3.02. The molecule has 0 aliphatic heterocycles. The Morgan fingerprint density at radius 2 is 1.21 bits per heavy atom. The van der Waals surface area contributed by atoms with Gasteiger partial charge in [-0.05, 0) is 51.5 Å². The molecule has 0 spiro atoms. The number of aliphatic hydroxyl groups excluding tert-OH is 1. The first-order valence-corrected chi connectivity index (χ1v) is 16.0. The maximum atomic E-state index is 10.2. The molecule has 214 valence electrons. The predicted octanol–water partition coefficient (Wildman–Crippen LogP) is 8.96. The first-order valence-electron chi connectivity index (χ1n) is 15.0. The molecule has 5 aromatic carbocycles. The van der Waals surface area contributed by atoms with Crippen molar-refractivity contribution in [2.24, 2.45) is 0 Å². The average molecular weight is 573 g/mol. The van der Waals surface area contributed by atoms with E-state index in [1.165, 1.54) is 33.1 Å². The second-order valence-corrected chi connectivity index (χ2v) is 13.1. The van der Waals surface area contributed by atoms with Crippen molar-refractivity contribution >= 4 is 13.9 Å². The van der Waals surface area contributed by atoms with Gasteiger partial charge in [-0.3, -0.25) is 0 Å². The first-order chi connectivity index (χ1) is 20.6. The standard InChI is InChI=1S/C39H41O2P/c1-3-23-39(2,42-37-22-14-13-21-34(37)28-40)36-27-33(24-30-15-7-4-8-16-30)26-35(25-31-17-9-5-10-18-31)38(36)41-29-32-19-11-6-12-20-32/h4-22,26-27,40,42H,3,23-25,28-29H2,1-2H3. The van der Waals surface area contributed by atoms with Gasteiger partial charge < -0.3 is 9.84 Å². The number of hydrogen-bond acceptors (Lipinski definition) is 2. The van der Waals surface area contributed by atoms with Crippen LogP contribution in [-0.2, 0) is 31.2 Å². The number of benzene rings is 5. The van der Waals surface area contributed by atoms with Gasteiger partial charge in [-0.15, -0.1) is 0 Å². The van der Waals surface area contributed by atoms with Crippen LogP contribution in [0.1, 0.15) is 65.6 Å². The molecule has 0 heterocycles. The van der Waals surface area contributed by atoms with Gasteiger partial charge in [0, 0.05) is 17.1 Å². The summed E-state index contributed by atoms with van der Waals surface area (Å²) in [5.41, 5.74) is 8.54. The van der Waals surface area contributed by atoms with E-state index in [0.29, 0.717) is 15.2 Å². The lowest BCUT2D eigenvalue weighted by atomic mass is 9.87. The molecule has 42 heavy (non-hydrogen) atoms. The molecule has 2 nitrogen and oxygen atoms in total. The van der Waals surface area contributed by atoms with Gasteiger partial charge in [0.2, 0.25) is 0 Å². The van der Waals surface area contributed by atoms with Crippen molar-refractivity contribution in [2.75, 3.05) is 0 Å². The van der Waals surface area contributed by atoms with Crippen LogP contribution in [0.15, 0.2) is 127 Å². The van der Waals surface area contributed by atoms with Crippen LogP contribution < -0.4 is 10.0 Å². The Labute approximate surface area is 253 Å². The molecule has 5 rings (SSSR count). The van der Waals surface area contributed by atoms with E-state index >= 15 is 0 Å². The van der Waals surface area contributed by atoms with Crippen LogP contribution in [-0.4, -0.2) is 5.11 Å². The number of ether oxygens (including phenoxy) is 1. The monoisotopic (exact) mass is 572 g/mol. The zero-order valence-electron chi connectivity index (χ0n) is 24.7. The van der Waals surface area contributed by atoms with Crippen LogP contribution in [0.2, 0.25) is 0 Å². The van der Waals surface area contributed by atoms with Crippen molar-refractivity contribution in [3.8, 4) is 5.75 Å². The summed E-state index contributed by atoms with van der Waals surface area (Å²) in [6.07, 6.45) is 3.75. The Morgan fingerprint density at radius 3 is 1.83 bits per heavy atom. The lowest BCUT2D eigenvalue weighted by Gasteiger charge is -2.34. The molecular weight excluding hydrogens is 531 g/mol. The zero-order valence-corrected chi connectivity index (χ0v) is 25.7. The highest BCUT2D eigenvalue weighted by molar-refractivity contribution is 7.48. The van der Waals surface area contributed by atoms with Crippen molar-refractivity contribution in [3.63, 3.8) is 0 Å². The molecule has 5 aromatic rings. The quantitative estimate of drug-likeness (QED) is 0.143. The van der Waals surface area contributed by atoms with E-state index in [9.17, 15) is 5.11 Å². The molecule has 2 unspecified atom stereocenters. The minimum atomic E-state index is -0.163. The van der Waals surface area contributed by atoms with Crippen LogP contribution in [0.3, 0.4) is 0 Å². The molecule has 3 heteroatoms. The Morgan fingerprint density at radius 1 is 0.643 bits per heavy atom. The van der Waals surface area contributed by atoms with Crippen molar-refractivity contribution in [2.45, 2.75) is 57.9 Å². The summed E-state index contributed by atoms with van der Waals surface area (Å²) in [6.45, 7) is 5.23. The SMILES string of the molecule is CCCC(C)(Pc1ccccc1CO)c1cc(Cc2ccccc2)cc(Cc2ccccc2)c1OCc1ccccc1. The van der Waals surface area contributed by atoms with Crippen LogP contribution in [0, 0.1) is 0 Å². The molecule has 2 atom stereocenters. The highest BCUT2D eigenvalue weighted by atomic mass is 31.1.